The van der Waals surface area contributed by atoms with Crippen molar-refractivity contribution in [3.8, 4) is 0 Å². The van der Waals surface area contributed by atoms with Gasteiger partial charge in [0.25, 0.3) is 0 Å². The first-order chi connectivity index (χ1) is 10.4. The lowest BCUT2D eigenvalue weighted by Gasteiger charge is -2.20. The Kier molecular flexibility index (Phi) is 5.39. The minimum atomic E-state index is 0.836. The summed E-state index contributed by atoms with van der Waals surface area (Å²) < 4.78 is 0. The number of nitrogens with zero attached hydrogens (tertiary/aromatic N) is 2. The lowest BCUT2D eigenvalue weighted by molar-refractivity contribution is 0.516. The van der Waals surface area contributed by atoms with E-state index in [-0.39, 0.29) is 0 Å². The minimum absolute atomic E-state index is 0.836. The molecule has 21 heavy (non-hydrogen) atoms. The van der Waals surface area contributed by atoms with Crippen LogP contribution >= 0.6 is 11.8 Å². The van der Waals surface area contributed by atoms with Gasteiger partial charge in [0.1, 0.15) is 11.6 Å². The predicted molar refractivity (Wildman–Crippen MR) is 91.0 cm³/mol. The summed E-state index contributed by atoms with van der Waals surface area (Å²) in [5.41, 5.74) is 2.69. The van der Waals surface area contributed by atoms with E-state index < -0.39 is 0 Å². The molecule has 1 N–H and O–H groups in total. The first-order valence-corrected chi connectivity index (χ1v) is 9.66. The fraction of sp³-hybridized carbons (Fsp3) is 0.765. The molecule has 2 aliphatic rings. The molecular weight excluding hydrogens is 278 g/mol. The predicted octanol–water partition coefficient (Wildman–Crippen LogP) is 4.35. The van der Waals surface area contributed by atoms with Crippen LogP contribution in [0.15, 0.2) is 0 Å². The second-order valence-electron chi connectivity index (χ2n) is 6.27. The summed E-state index contributed by atoms with van der Waals surface area (Å²) in [7, 11) is 0. The van der Waals surface area contributed by atoms with Crippen LogP contribution in [0.5, 0.6) is 0 Å². The number of nitrogens with one attached hydrogen (secondary N) is 1. The highest BCUT2D eigenvalue weighted by Crippen LogP contribution is 2.31. The highest BCUT2D eigenvalue weighted by Gasteiger charge is 2.20. The van der Waals surface area contributed by atoms with Crippen molar-refractivity contribution in [3.63, 3.8) is 0 Å². The number of fused-ring (bicyclic) bond motifs is 1. The molecule has 3 nitrogen and oxygen atoms in total. The van der Waals surface area contributed by atoms with Crippen LogP contribution in [0.3, 0.4) is 0 Å². The molecule has 1 aromatic heterocycles. The zero-order chi connectivity index (χ0) is 14.5. The van der Waals surface area contributed by atoms with E-state index in [2.05, 4.69) is 24.0 Å². The van der Waals surface area contributed by atoms with E-state index >= 15 is 0 Å². The van der Waals surface area contributed by atoms with E-state index in [0.717, 1.165) is 48.5 Å². The van der Waals surface area contributed by atoms with Crippen LogP contribution in [-0.2, 0) is 18.6 Å². The molecule has 116 valence electrons. The van der Waals surface area contributed by atoms with Crippen LogP contribution < -0.4 is 5.32 Å². The van der Waals surface area contributed by atoms with E-state index in [1.165, 1.54) is 49.8 Å². The molecule has 1 fully saturated rings. The molecule has 0 saturated heterocycles. The number of hydrogen-bond donors (Lipinski definition) is 1. The molecule has 0 spiro atoms. The third-order valence-electron chi connectivity index (χ3n) is 4.52. The Balaban J connectivity index is 1.66. The molecule has 4 heteroatoms. The highest BCUT2D eigenvalue weighted by molar-refractivity contribution is 7.99. The smallest absolute Gasteiger partial charge is 0.140 e. The van der Waals surface area contributed by atoms with Crippen molar-refractivity contribution in [3.05, 3.63) is 17.1 Å². The maximum absolute atomic E-state index is 4.83. The third-order valence-corrected chi connectivity index (χ3v) is 5.89. The molecule has 0 amide bonds. The Morgan fingerprint density at radius 2 is 1.95 bits per heavy atom. The zero-order valence-electron chi connectivity index (χ0n) is 13.2. The lowest BCUT2D eigenvalue weighted by atomic mass is 10.0. The van der Waals surface area contributed by atoms with Crippen LogP contribution in [0, 0.1) is 0 Å². The van der Waals surface area contributed by atoms with Gasteiger partial charge in [0.15, 0.2) is 0 Å². The van der Waals surface area contributed by atoms with Gasteiger partial charge in [-0.3, -0.25) is 0 Å². The summed E-state index contributed by atoms with van der Waals surface area (Å²) in [5.74, 6) is 3.15. The van der Waals surface area contributed by atoms with Gasteiger partial charge in [-0.05, 0) is 38.5 Å². The van der Waals surface area contributed by atoms with Crippen molar-refractivity contribution in [1.82, 2.24) is 9.97 Å². The van der Waals surface area contributed by atoms with Gasteiger partial charge in [0, 0.05) is 23.1 Å². The number of hydrogen-bond acceptors (Lipinski definition) is 4. The summed E-state index contributed by atoms with van der Waals surface area (Å²) in [6.45, 7) is 3.22. The highest BCUT2D eigenvalue weighted by atomic mass is 32.2. The van der Waals surface area contributed by atoms with Crippen molar-refractivity contribution in [2.45, 2.75) is 75.7 Å². The monoisotopic (exact) mass is 305 g/mol. The molecule has 0 aliphatic heterocycles. The maximum Gasteiger partial charge on any atom is 0.140 e. The minimum Gasteiger partial charge on any atom is -0.370 e. The van der Waals surface area contributed by atoms with Gasteiger partial charge < -0.3 is 5.32 Å². The van der Waals surface area contributed by atoms with Gasteiger partial charge in [-0.2, -0.15) is 11.8 Å². The van der Waals surface area contributed by atoms with Crippen LogP contribution in [0.25, 0.3) is 0 Å². The standard InChI is InChI=1S/C17H27N3S/c1-2-11-18-17-14-9-6-10-15(14)19-16(20-17)12-21-13-7-4-3-5-8-13/h13H,2-12H2,1H3,(H,18,19,20). The molecule has 0 radical (unpaired) electrons. The fourth-order valence-electron chi connectivity index (χ4n) is 3.36. The van der Waals surface area contributed by atoms with E-state index in [4.69, 9.17) is 9.97 Å². The topological polar surface area (TPSA) is 37.8 Å². The molecule has 1 aromatic rings. The summed E-state index contributed by atoms with van der Waals surface area (Å²) in [6.07, 6.45) is 11.7. The van der Waals surface area contributed by atoms with Crippen LogP contribution in [0.2, 0.25) is 0 Å². The van der Waals surface area contributed by atoms with Crippen LogP contribution in [0.4, 0.5) is 5.82 Å². The number of thioether (sulfide) groups is 1. The quantitative estimate of drug-likeness (QED) is 0.847. The molecule has 0 atom stereocenters. The Hall–Kier alpha value is -0.770. The Morgan fingerprint density at radius 1 is 1.10 bits per heavy atom. The molecule has 2 aliphatic carbocycles. The number of aryl methyl sites for hydroxylation is 1. The van der Waals surface area contributed by atoms with Gasteiger partial charge in [-0.25, -0.2) is 9.97 Å². The Bertz CT molecular complexity index is 469. The van der Waals surface area contributed by atoms with Crippen LogP contribution in [-0.4, -0.2) is 21.8 Å². The normalized spacial score (nSPS) is 18.7. The van der Waals surface area contributed by atoms with Crippen molar-refractivity contribution >= 4 is 17.6 Å². The first-order valence-electron chi connectivity index (χ1n) is 8.61. The SMILES string of the molecule is CCCNc1nc(CSC2CCCCC2)nc2c1CCC2. The molecule has 0 aromatic carbocycles. The van der Waals surface area contributed by atoms with E-state index in [0.29, 0.717) is 0 Å². The van der Waals surface area contributed by atoms with E-state index in [1.807, 2.05) is 0 Å². The van der Waals surface area contributed by atoms with Crippen molar-refractivity contribution in [2.24, 2.45) is 0 Å². The summed E-state index contributed by atoms with van der Waals surface area (Å²) in [4.78, 5) is 9.66. The molecule has 0 bridgehead atoms. The Morgan fingerprint density at radius 3 is 2.76 bits per heavy atom. The van der Waals surface area contributed by atoms with E-state index in [9.17, 15) is 0 Å². The number of aromatic nitrogens is 2. The summed E-state index contributed by atoms with van der Waals surface area (Å²) in [6, 6.07) is 0. The molecule has 1 heterocycles. The third kappa shape index (κ3) is 3.91. The molecule has 0 unspecified atom stereocenters. The van der Waals surface area contributed by atoms with Gasteiger partial charge >= 0.3 is 0 Å². The van der Waals surface area contributed by atoms with Crippen molar-refractivity contribution in [2.75, 3.05) is 11.9 Å². The van der Waals surface area contributed by atoms with Gasteiger partial charge in [-0.15, -0.1) is 0 Å². The summed E-state index contributed by atoms with van der Waals surface area (Å²) in [5, 5.41) is 4.35. The number of anilines is 1. The van der Waals surface area contributed by atoms with Crippen LogP contribution in [0.1, 0.15) is 69.0 Å². The molecule has 3 rings (SSSR count). The average Bonchev–Trinajstić information content (AvgIpc) is 3.00. The molecule has 1 saturated carbocycles. The zero-order valence-corrected chi connectivity index (χ0v) is 14.0. The average molecular weight is 305 g/mol. The lowest BCUT2D eigenvalue weighted by Crippen LogP contribution is -2.11. The summed E-state index contributed by atoms with van der Waals surface area (Å²) >= 11 is 2.08. The van der Waals surface area contributed by atoms with Gasteiger partial charge in [-0.1, -0.05) is 26.2 Å². The van der Waals surface area contributed by atoms with E-state index in [1.54, 1.807) is 0 Å². The molecular formula is C17H27N3S. The maximum atomic E-state index is 4.83. The second kappa shape index (κ2) is 7.48. The van der Waals surface area contributed by atoms with Gasteiger partial charge in [0.2, 0.25) is 0 Å². The first kappa shape index (κ1) is 15.1. The largest absolute Gasteiger partial charge is 0.370 e. The van der Waals surface area contributed by atoms with Gasteiger partial charge in [0.05, 0.1) is 5.75 Å². The fourth-order valence-corrected chi connectivity index (χ4v) is 4.54. The van der Waals surface area contributed by atoms with Crippen molar-refractivity contribution in [1.29, 1.82) is 0 Å². The second-order valence-corrected chi connectivity index (χ2v) is 7.55. The van der Waals surface area contributed by atoms with Crippen molar-refractivity contribution < 1.29 is 0 Å². The number of rotatable bonds is 6. The Labute approximate surface area is 132 Å².